The van der Waals surface area contributed by atoms with E-state index in [0.29, 0.717) is 12.5 Å². The van der Waals surface area contributed by atoms with E-state index >= 15 is 0 Å². The molecule has 2 atom stereocenters. The molecule has 0 aliphatic carbocycles. The van der Waals surface area contributed by atoms with E-state index in [-0.39, 0.29) is 17.5 Å². The smallest absolute Gasteiger partial charge is 0.331 e. The van der Waals surface area contributed by atoms with E-state index < -0.39 is 11.2 Å². The highest BCUT2D eigenvalue weighted by Crippen LogP contribution is 2.28. The molecular formula is C13H21N3O3. The van der Waals surface area contributed by atoms with Gasteiger partial charge in [-0.15, -0.1) is 0 Å². The van der Waals surface area contributed by atoms with Crippen LogP contribution < -0.4 is 11.2 Å². The molecule has 0 bridgehead atoms. The molecule has 1 fully saturated rings. The molecule has 2 heterocycles. The lowest BCUT2D eigenvalue weighted by molar-refractivity contribution is 0.148. The molecule has 106 valence electrons. The third-order valence-corrected chi connectivity index (χ3v) is 4.11. The van der Waals surface area contributed by atoms with Gasteiger partial charge in [0.05, 0.1) is 5.56 Å². The average molecular weight is 267 g/mol. The number of aromatic amines is 1. The lowest BCUT2D eigenvalue weighted by Crippen LogP contribution is -2.42. The third kappa shape index (κ3) is 2.45. The van der Waals surface area contributed by atoms with Crippen molar-refractivity contribution < 1.29 is 5.11 Å². The molecule has 0 saturated carbocycles. The second-order valence-corrected chi connectivity index (χ2v) is 5.29. The van der Waals surface area contributed by atoms with Gasteiger partial charge in [0.25, 0.3) is 5.56 Å². The largest absolute Gasteiger partial charge is 0.494 e. The first-order valence-corrected chi connectivity index (χ1v) is 6.72. The molecule has 2 rings (SSSR count). The standard InChI is InChI=1S/C13H21N3O3/c1-4-10-11(17)14-13(19)16(12(10)18)9-5-6-15(3)8(2)7-9/h8-9,18H,4-7H2,1-3H3,(H,14,17,19). The molecule has 6 nitrogen and oxygen atoms in total. The van der Waals surface area contributed by atoms with Crippen LogP contribution in [0, 0.1) is 0 Å². The quantitative estimate of drug-likeness (QED) is 0.816. The summed E-state index contributed by atoms with van der Waals surface area (Å²) in [5, 5.41) is 10.2. The number of nitrogens with zero attached hydrogens (tertiary/aromatic N) is 2. The molecule has 2 N–H and O–H groups in total. The molecule has 1 aromatic heterocycles. The summed E-state index contributed by atoms with van der Waals surface area (Å²) in [6.45, 7) is 4.76. The van der Waals surface area contributed by atoms with Gasteiger partial charge in [-0.3, -0.25) is 14.3 Å². The van der Waals surface area contributed by atoms with E-state index in [4.69, 9.17) is 0 Å². The highest BCUT2D eigenvalue weighted by Gasteiger charge is 2.27. The topological polar surface area (TPSA) is 78.3 Å². The number of rotatable bonds is 2. The first kappa shape index (κ1) is 13.9. The van der Waals surface area contributed by atoms with Crippen molar-refractivity contribution in [3.8, 4) is 5.88 Å². The van der Waals surface area contributed by atoms with Gasteiger partial charge in [0, 0.05) is 18.6 Å². The van der Waals surface area contributed by atoms with Crippen molar-refractivity contribution in [2.24, 2.45) is 0 Å². The summed E-state index contributed by atoms with van der Waals surface area (Å²) in [7, 11) is 2.05. The first-order valence-electron chi connectivity index (χ1n) is 6.72. The van der Waals surface area contributed by atoms with E-state index in [1.165, 1.54) is 4.57 Å². The van der Waals surface area contributed by atoms with Crippen LogP contribution in [0.15, 0.2) is 9.59 Å². The van der Waals surface area contributed by atoms with Crippen LogP contribution in [0.5, 0.6) is 5.88 Å². The minimum Gasteiger partial charge on any atom is -0.494 e. The van der Waals surface area contributed by atoms with Crippen LogP contribution in [0.25, 0.3) is 0 Å². The highest BCUT2D eigenvalue weighted by atomic mass is 16.3. The Morgan fingerprint density at radius 2 is 2.11 bits per heavy atom. The Morgan fingerprint density at radius 3 is 2.68 bits per heavy atom. The second-order valence-electron chi connectivity index (χ2n) is 5.29. The van der Waals surface area contributed by atoms with Gasteiger partial charge in [-0.2, -0.15) is 0 Å². The molecule has 1 aliphatic heterocycles. The molecule has 0 aromatic carbocycles. The fraction of sp³-hybridized carbons (Fsp3) is 0.692. The van der Waals surface area contributed by atoms with Crippen LogP contribution in [-0.2, 0) is 6.42 Å². The van der Waals surface area contributed by atoms with Gasteiger partial charge in [-0.05, 0) is 33.2 Å². The van der Waals surface area contributed by atoms with Crippen molar-refractivity contribution in [2.75, 3.05) is 13.6 Å². The fourth-order valence-corrected chi connectivity index (χ4v) is 2.73. The van der Waals surface area contributed by atoms with Crippen molar-refractivity contribution in [3.05, 3.63) is 26.4 Å². The molecular weight excluding hydrogens is 246 g/mol. The van der Waals surface area contributed by atoms with Gasteiger partial charge in [-0.1, -0.05) is 6.92 Å². The average Bonchev–Trinajstić information content (AvgIpc) is 2.33. The maximum absolute atomic E-state index is 12.0. The Hall–Kier alpha value is -1.56. The van der Waals surface area contributed by atoms with E-state index in [1.54, 1.807) is 6.92 Å². The minimum absolute atomic E-state index is 0.0548. The number of H-pyrrole nitrogens is 1. The van der Waals surface area contributed by atoms with Crippen molar-refractivity contribution >= 4 is 0 Å². The predicted molar refractivity (Wildman–Crippen MR) is 72.7 cm³/mol. The number of aromatic hydroxyl groups is 1. The summed E-state index contributed by atoms with van der Waals surface area (Å²) in [6, 6.07) is 0.294. The van der Waals surface area contributed by atoms with Crippen LogP contribution in [0.2, 0.25) is 0 Å². The third-order valence-electron chi connectivity index (χ3n) is 4.11. The second kappa shape index (κ2) is 5.21. The molecule has 0 spiro atoms. The maximum atomic E-state index is 12.0. The number of hydrogen-bond acceptors (Lipinski definition) is 4. The van der Waals surface area contributed by atoms with Gasteiger partial charge in [0.2, 0.25) is 5.88 Å². The molecule has 1 aliphatic rings. The van der Waals surface area contributed by atoms with Crippen molar-refractivity contribution in [3.63, 3.8) is 0 Å². The van der Waals surface area contributed by atoms with Crippen LogP contribution in [0.3, 0.4) is 0 Å². The Kier molecular flexibility index (Phi) is 3.80. The maximum Gasteiger partial charge on any atom is 0.331 e. The highest BCUT2D eigenvalue weighted by molar-refractivity contribution is 5.23. The van der Waals surface area contributed by atoms with Crippen LogP contribution in [-0.4, -0.2) is 39.2 Å². The molecule has 1 saturated heterocycles. The Morgan fingerprint density at radius 1 is 1.42 bits per heavy atom. The Balaban J connectivity index is 2.46. The van der Waals surface area contributed by atoms with E-state index in [2.05, 4.69) is 16.8 Å². The fourth-order valence-electron chi connectivity index (χ4n) is 2.73. The summed E-state index contributed by atoms with van der Waals surface area (Å²) in [4.78, 5) is 28.1. The molecule has 0 radical (unpaired) electrons. The zero-order valence-electron chi connectivity index (χ0n) is 11.6. The Bertz CT molecular complexity index is 575. The SMILES string of the molecule is CCc1c(O)n(C2CCN(C)C(C)C2)c(=O)[nH]c1=O. The number of hydrogen-bond donors (Lipinski definition) is 2. The van der Waals surface area contributed by atoms with Crippen LogP contribution in [0.4, 0.5) is 0 Å². The van der Waals surface area contributed by atoms with Crippen LogP contribution in [0.1, 0.15) is 38.3 Å². The lowest BCUT2D eigenvalue weighted by Gasteiger charge is -2.36. The van der Waals surface area contributed by atoms with Crippen molar-refractivity contribution in [1.82, 2.24) is 14.5 Å². The molecule has 2 unspecified atom stereocenters. The van der Waals surface area contributed by atoms with E-state index in [9.17, 15) is 14.7 Å². The number of likely N-dealkylation sites (tertiary alicyclic amines) is 1. The number of piperidine rings is 1. The summed E-state index contributed by atoms with van der Waals surface area (Å²) in [6.07, 6.45) is 1.99. The summed E-state index contributed by atoms with van der Waals surface area (Å²) < 4.78 is 1.35. The number of nitrogens with one attached hydrogen (secondary N) is 1. The number of aromatic nitrogens is 2. The van der Waals surface area contributed by atoms with Crippen molar-refractivity contribution in [1.29, 1.82) is 0 Å². The van der Waals surface area contributed by atoms with Crippen LogP contribution >= 0.6 is 0 Å². The Labute approximate surface area is 111 Å². The van der Waals surface area contributed by atoms with Gasteiger partial charge < -0.3 is 10.0 Å². The normalized spacial score (nSPS) is 24.6. The molecule has 19 heavy (non-hydrogen) atoms. The molecule has 6 heteroatoms. The zero-order valence-corrected chi connectivity index (χ0v) is 11.6. The van der Waals surface area contributed by atoms with Gasteiger partial charge in [-0.25, -0.2) is 4.79 Å². The minimum atomic E-state index is -0.513. The van der Waals surface area contributed by atoms with Gasteiger partial charge in [0.1, 0.15) is 0 Å². The first-order chi connectivity index (χ1) is 8.95. The van der Waals surface area contributed by atoms with Gasteiger partial charge >= 0.3 is 5.69 Å². The van der Waals surface area contributed by atoms with Crippen molar-refractivity contribution in [2.45, 2.75) is 45.2 Å². The van der Waals surface area contributed by atoms with E-state index in [1.807, 2.05) is 7.05 Å². The molecule has 1 aromatic rings. The summed E-state index contributed by atoms with van der Waals surface area (Å²) in [5.74, 6) is -0.169. The monoisotopic (exact) mass is 267 g/mol. The molecule has 0 amide bonds. The summed E-state index contributed by atoms with van der Waals surface area (Å²) >= 11 is 0. The summed E-state index contributed by atoms with van der Waals surface area (Å²) in [5.41, 5.74) is -0.713. The lowest BCUT2D eigenvalue weighted by atomic mass is 9.98. The van der Waals surface area contributed by atoms with Gasteiger partial charge in [0.15, 0.2) is 0 Å². The predicted octanol–water partition coefficient (Wildman–Crippen LogP) is 0.460. The van der Waals surface area contributed by atoms with E-state index in [0.717, 1.165) is 19.4 Å². The zero-order chi connectivity index (χ0) is 14.2.